The van der Waals surface area contributed by atoms with Crippen molar-refractivity contribution < 1.29 is 9.90 Å². The van der Waals surface area contributed by atoms with E-state index in [0.29, 0.717) is 45.9 Å². The number of nitrogens with one attached hydrogen (secondary N) is 3. The molecular formula is C23H23N7O4S. The molecule has 0 saturated heterocycles. The summed E-state index contributed by atoms with van der Waals surface area (Å²) >= 11 is 1.33. The predicted octanol–water partition coefficient (Wildman–Crippen LogP) is 2.44. The van der Waals surface area contributed by atoms with Crippen LogP contribution in [0.4, 0.5) is 5.95 Å². The van der Waals surface area contributed by atoms with Gasteiger partial charge in [0.1, 0.15) is 0 Å². The summed E-state index contributed by atoms with van der Waals surface area (Å²) < 4.78 is 3.08. The minimum atomic E-state index is -0.944. The number of nitrogens with zero attached hydrogens (tertiary/aromatic N) is 4. The Bertz CT molecular complexity index is 1680. The molecule has 0 aliphatic rings. The van der Waals surface area contributed by atoms with E-state index in [1.54, 1.807) is 49.0 Å². The molecule has 0 bridgehead atoms. The molecule has 0 atom stereocenters. The lowest BCUT2D eigenvalue weighted by molar-refractivity contribution is 0.0667. The van der Waals surface area contributed by atoms with E-state index in [-0.39, 0.29) is 5.91 Å². The highest BCUT2D eigenvalue weighted by Gasteiger charge is 2.20. The first kappa shape index (κ1) is 22.7. The van der Waals surface area contributed by atoms with Crippen LogP contribution in [0.25, 0.3) is 32.5 Å². The van der Waals surface area contributed by atoms with Crippen LogP contribution in [0.5, 0.6) is 0 Å². The third-order valence-corrected chi connectivity index (χ3v) is 6.89. The molecule has 0 aliphatic heterocycles. The number of hydrogen-bond donors (Lipinski definition) is 4. The zero-order valence-corrected chi connectivity index (χ0v) is 20.1. The Morgan fingerprint density at radius 3 is 2.74 bits per heavy atom. The van der Waals surface area contributed by atoms with Gasteiger partial charge >= 0.3 is 11.1 Å². The van der Waals surface area contributed by atoms with E-state index in [4.69, 9.17) is 0 Å². The Morgan fingerprint density at radius 2 is 2.03 bits per heavy atom. The van der Waals surface area contributed by atoms with Gasteiger partial charge in [-0.1, -0.05) is 0 Å². The highest BCUT2D eigenvalue weighted by molar-refractivity contribution is 7.17. The Morgan fingerprint density at radius 1 is 1.23 bits per heavy atom. The fourth-order valence-corrected chi connectivity index (χ4v) is 4.73. The van der Waals surface area contributed by atoms with Gasteiger partial charge in [0.05, 0.1) is 38.7 Å². The Labute approximate surface area is 202 Å². The molecule has 0 aliphatic carbocycles. The summed E-state index contributed by atoms with van der Waals surface area (Å²) in [6, 6.07) is 7.01. The van der Waals surface area contributed by atoms with E-state index < -0.39 is 16.7 Å². The molecule has 0 saturated carbocycles. The number of amides is 1. The minimum absolute atomic E-state index is 0.301. The second-order valence-electron chi connectivity index (χ2n) is 8.93. The number of aryl methyl sites for hydroxylation is 2. The molecule has 0 radical (unpaired) electrons. The summed E-state index contributed by atoms with van der Waals surface area (Å²) in [6.45, 7) is 3.78. The Balaban J connectivity index is 1.58. The molecule has 5 rings (SSSR count). The van der Waals surface area contributed by atoms with Gasteiger partial charge in [-0.3, -0.25) is 24.8 Å². The van der Waals surface area contributed by atoms with Gasteiger partial charge in [0, 0.05) is 30.2 Å². The lowest BCUT2D eigenvalue weighted by Gasteiger charge is -2.18. The first-order valence-electron chi connectivity index (χ1n) is 10.9. The maximum atomic E-state index is 13.1. The van der Waals surface area contributed by atoms with E-state index in [2.05, 4.69) is 25.5 Å². The summed E-state index contributed by atoms with van der Waals surface area (Å²) in [7, 11) is 1.53. The average molecular weight is 494 g/mol. The van der Waals surface area contributed by atoms with Crippen molar-refractivity contribution in [1.82, 2.24) is 29.3 Å². The molecule has 0 unspecified atom stereocenters. The number of fused-ring (bicyclic) bond motifs is 2. The molecule has 1 aromatic carbocycles. The van der Waals surface area contributed by atoms with Crippen molar-refractivity contribution in [3.8, 4) is 10.4 Å². The number of aliphatic hydroxyl groups is 1. The summed E-state index contributed by atoms with van der Waals surface area (Å²) in [5.41, 5.74) is 0.717. The largest absolute Gasteiger partial charge is 0.390 e. The van der Waals surface area contributed by atoms with Crippen molar-refractivity contribution in [3.63, 3.8) is 0 Å². The van der Waals surface area contributed by atoms with Crippen LogP contribution in [0.3, 0.4) is 0 Å². The molecule has 0 fully saturated rings. The van der Waals surface area contributed by atoms with E-state index >= 15 is 0 Å². The van der Waals surface area contributed by atoms with Crippen LogP contribution in [0.1, 0.15) is 29.9 Å². The number of rotatable bonds is 6. The summed E-state index contributed by atoms with van der Waals surface area (Å²) in [5.74, 6) is -0.0231. The summed E-state index contributed by atoms with van der Waals surface area (Å²) in [5, 5.41) is 19.9. The fourth-order valence-electron chi connectivity index (χ4n) is 3.85. The first-order chi connectivity index (χ1) is 16.6. The topological polar surface area (TPSA) is 151 Å². The first-order valence-corrected chi connectivity index (χ1v) is 11.7. The van der Waals surface area contributed by atoms with Gasteiger partial charge in [-0.05, 0) is 44.5 Å². The van der Waals surface area contributed by atoms with Crippen LogP contribution >= 0.6 is 11.3 Å². The molecule has 4 heterocycles. The number of carbonyl (C=O) groups excluding carboxylic acids is 1. The lowest BCUT2D eigenvalue weighted by Crippen LogP contribution is -2.34. The van der Waals surface area contributed by atoms with Gasteiger partial charge in [0.2, 0.25) is 5.95 Å². The van der Waals surface area contributed by atoms with Gasteiger partial charge in [0.15, 0.2) is 0 Å². The summed E-state index contributed by atoms with van der Waals surface area (Å²) in [4.78, 5) is 45.8. The lowest BCUT2D eigenvalue weighted by atomic mass is 10.1. The zero-order chi connectivity index (χ0) is 24.9. The normalized spacial score (nSPS) is 12.0. The van der Waals surface area contributed by atoms with E-state index in [1.807, 2.05) is 6.07 Å². The molecule has 4 aromatic heterocycles. The summed E-state index contributed by atoms with van der Waals surface area (Å²) in [6.07, 6.45) is 3.84. The molecule has 5 aromatic rings. The molecule has 4 N–H and O–H groups in total. The quantitative estimate of drug-likeness (QED) is 0.267. The van der Waals surface area contributed by atoms with Crippen LogP contribution in [-0.4, -0.2) is 45.9 Å². The number of thiophene rings is 1. The maximum absolute atomic E-state index is 13.1. The zero-order valence-electron chi connectivity index (χ0n) is 19.2. The number of imidazole rings is 1. The van der Waals surface area contributed by atoms with Crippen LogP contribution in [0.15, 0.2) is 46.2 Å². The Hall–Kier alpha value is -4.03. The molecule has 0 spiro atoms. The van der Waals surface area contributed by atoms with Crippen LogP contribution in [0, 0.1) is 0 Å². The van der Waals surface area contributed by atoms with Gasteiger partial charge in [0.25, 0.3) is 5.91 Å². The van der Waals surface area contributed by atoms with Crippen LogP contribution in [0.2, 0.25) is 0 Å². The fraction of sp³-hybridized carbons (Fsp3) is 0.261. The second kappa shape index (κ2) is 8.32. The third-order valence-electron chi connectivity index (χ3n) is 5.76. The highest BCUT2D eigenvalue weighted by Crippen LogP contribution is 2.29. The van der Waals surface area contributed by atoms with Crippen LogP contribution < -0.4 is 16.4 Å². The van der Waals surface area contributed by atoms with E-state index in [1.165, 1.54) is 23.0 Å². The molecule has 1 amide bonds. The van der Waals surface area contributed by atoms with Crippen molar-refractivity contribution in [2.24, 2.45) is 7.05 Å². The van der Waals surface area contributed by atoms with Crippen molar-refractivity contribution in [3.05, 3.63) is 62.2 Å². The van der Waals surface area contributed by atoms with Gasteiger partial charge in [-0.15, -0.1) is 11.3 Å². The number of H-pyrrole nitrogens is 2. The van der Waals surface area contributed by atoms with E-state index in [0.717, 1.165) is 10.4 Å². The Kier molecular flexibility index (Phi) is 5.41. The van der Waals surface area contributed by atoms with Gasteiger partial charge in [-0.2, -0.15) is 5.10 Å². The van der Waals surface area contributed by atoms with Gasteiger partial charge < -0.3 is 19.2 Å². The number of benzene rings is 1. The number of carbonyl (C=O) groups is 1. The van der Waals surface area contributed by atoms with Gasteiger partial charge in [-0.25, -0.2) is 4.98 Å². The number of aromatic amines is 2. The van der Waals surface area contributed by atoms with E-state index in [9.17, 15) is 19.5 Å². The molecule has 12 heteroatoms. The third kappa shape index (κ3) is 4.29. The molecule has 35 heavy (non-hydrogen) atoms. The molecule has 180 valence electrons. The molecule has 11 nitrogen and oxygen atoms in total. The van der Waals surface area contributed by atoms with Crippen molar-refractivity contribution in [2.75, 3.05) is 5.32 Å². The number of hydrogen-bond acceptors (Lipinski definition) is 7. The molecular weight excluding hydrogens is 470 g/mol. The number of anilines is 1. The highest BCUT2D eigenvalue weighted by atomic mass is 32.1. The second-order valence-corrected chi connectivity index (χ2v) is 10.0. The maximum Gasteiger partial charge on any atom is 0.316 e. The number of aromatic nitrogens is 6. The average Bonchev–Trinajstić information content (AvgIpc) is 3.54. The standard InChI is InChI=1S/C23H23N7O4S/c1-23(2,34)6-7-30-16-9-15-13(26-20(32)21(33)29(15)3)8-14(16)27-22(30)28-19(31)18-5-4-17(35-18)12-10-24-25-11-12/h4-5,8-11,34H,6-7H2,1-3H3,(H,24,25)(H,26,32)(H,27,28,31). The minimum Gasteiger partial charge on any atom is -0.390 e. The predicted molar refractivity (Wildman–Crippen MR) is 134 cm³/mol. The van der Waals surface area contributed by atoms with Crippen LogP contribution in [-0.2, 0) is 13.6 Å². The SMILES string of the molecule is Cn1c(=O)c(=O)[nH]c2cc3nc(NC(=O)c4ccc(-c5cn[nH]c5)s4)n(CCC(C)(C)O)c3cc21. The van der Waals surface area contributed by atoms with Crippen molar-refractivity contribution in [1.29, 1.82) is 0 Å². The van der Waals surface area contributed by atoms with Crippen molar-refractivity contribution in [2.45, 2.75) is 32.4 Å². The monoisotopic (exact) mass is 493 g/mol. The smallest absolute Gasteiger partial charge is 0.316 e. The van der Waals surface area contributed by atoms with Crippen molar-refractivity contribution >= 4 is 45.3 Å².